The third-order valence-electron chi connectivity index (χ3n) is 20.5. The lowest BCUT2D eigenvalue weighted by molar-refractivity contribution is -0.252. The van der Waals surface area contributed by atoms with Gasteiger partial charge >= 0.3 is 0 Å². The number of aliphatic hydroxyl groups is 7. The fourth-order valence-electron chi connectivity index (χ4n) is 16.2. The van der Waals surface area contributed by atoms with Gasteiger partial charge in [0.2, 0.25) is 0 Å². The topological polar surface area (TPSA) is 169 Å². The number of aliphatic hydroxyl groups excluding tert-OH is 7. The molecule has 0 amide bonds. The van der Waals surface area contributed by atoms with Crippen LogP contribution in [0.2, 0.25) is 18.1 Å². The molecule has 1 saturated heterocycles. The smallest absolute Gasteiger partial charge is 0.192 e. The summed E-state index contributed by atoms with van der Waals surface area (Å²) in [5, 5.41) is 75.0. The molecule has 7 N–H and O–H groups in total. The summed E-state index contributed by atoms with van der Waals surface area (Å²) in [6.45, 7) is 25.0. The van der Waals surface area contributed by atoms with Gasteiger partial charge in [-0.3, -0.25) is 0 Å². The zero-order chi connectivity index (χ0) is 42.5. The lowest BCUT2D eigenvalue weighted by Gasteiger charge is -2.64. The van der Waals surface area contributed by atoms with Crippen molar-refractivity contribution in [3.8, 4) is 0 Å². The standard InChI is InChI=1S/C28H50O5Si.C19H32O5/c1-25(2,3)34(8,9)33-19-11-10-16-20-17(12-14-27(16,19)6)28(7)15-13-18(29)22(30)21(28)24-23(20)31-26(4,5)32-24;1-18-7-5-10-13(9(18)3-4-12(18)21)16(23)17(24)14-15(22)11(20)6-8-19(10,14)2/h16-24,29-30H,10-15H2,1-9H3;9-17,20-24H,3-8H2,1-2H3/t16?,17?,18-,19-,20?,21?,22+,23+,24+,27-,28+;9?,10?,11-,12-,13?,14?,15+,16+,17+,18-,19+/m00/s1. The fraction of sp³-hybridized carbons (Fsp3) is 1.00. The maximum absolute atomic E-state index is 11.2. The predicted molar refractivity (Wildman–Crippen MR) is 224 cm³/mol. The van der Waals surface area contributed by atoms with E-state index in [9.17, 15) is 35.7 Å². The van der Waals surface area contributed by atoms with Crippen molar-refractivity contribution in [2.45, 2.75) is 224 Å². The van der Waals surface area contributed by atoms with E-state index in [4.69, 9.17) is 13.9 Å². The van der Waals surface area contributed by atoms with Gasteiger partial charge in [-0.15, -0.1) is 0 Å². The van der Waals surface area contributed by atoms with Crippen LogP contribution in [0.25, 0.3) is 0 Å². The van der Waals surface area contributed by atoms with E-state index in [0.717, 1.165) is 51.4 Å². The molecule has 8 unspecified atom stereocenters. The van der Waals surface area contributed by atoms with Gasteiger partial charge in [0.1, 0.15) is 0 Å². The molecule has 9 rings (SSSR count). The van der Waals surface area contributed by atoms with Crippen LogP contribution in [0.15, 0.2) is 0 Å². The molecule has 8 saturated carbocycles. The highest BCUT2D eigenvalue weighted by Crippen LogP contribution is 2.70. The van der Waals surface area contributed by atoms with Crippen molar-refractivity contribution < 1.29 is 49.6 Å². The maximum atomic E-state index is 11.2. The van der Waals surface area contributed by atoms with Crippen molar-refractivity contribution in [1.29, 1.82) is 0 Å². The van der Waals surface area contributed by atoms with Crippen LogP contribution < -0.4 is 0 Å². The van der Waals surface area contributed by atoms with Crippen molar-refractivity contribution in [2.24, 2.45) is 69.0 Å². The normalized spacial score (nSPS) is 57.0. The zero-order valence-corrected chi connectivity index (χ0v) is 38.7. The van der Waals surface area contributed by atoms with Gasteiger partial charge in [-0.1, -0.05) is 48.5 Å². The average Bonchev–Trinajstić information content (AvgIpc) is 3.75. The molecule has 9 fully saturated rings. The molecule has 11 heteroatoms. The van der Waals surface area contributed by atoms with Crippen LogP contribution in [0.1, 0.15) is 139 Å². The molecule has 0 aromatic heterocycles. The van der Waals surface area contributed by atoms with Crippen molar-refractivity contribution in [3.05, 3.63) is 0 Å². The zero-order valence-electron chi connectivity index (χ0n) is 37.7. The molecule has 0 bridgehead atoms. The first-order valence-corrected chi connectivity index (χ1v) is 26.4. The van der Waals surface area contributed by atoms with Crippen LogP contribution >= 0.6 is 0 Å². The molecule has 0 aromatic rings. The lowest BCUT2D eigenvalue weighted by Crippen LogP contribution is -2.67. The minimum atomic E-state index is -1.86. The van der Waals surface area contributed by atoms with Gasteiger partial charge < -0.3 is 49.6 Å². The van der Waals surface area contributed by atoms with Gasteiger partial charge in [0.25, 0.3) is 0 Å². The number of hydrogen-bond donors (Lipinski definition) is 7. The van der Waals surface area contributed by atoms with Crippen molar-refractivity contribution in [1.82, 2.24) is 0 Å². The molecule has 1 aliphatic heterocycles. The van der Waals surface area contributed by atoms with Gasteiger partial charge in [0.15, 0.2) is 14.1 Å². The largest absolute Gasteiger partial charge is 0.413 e. The van der Waals surface area contributed by atoms with Gasteiger partial charge in [0.05, 0.1) is 61.0 Å². The van der Waals surface area contributed by atoms with E-state index in [-0.39, 0.29) is 68.7 Å². The predicted octanol–water partition coefficient (Wildman–Crippen LogP) is 6.15. The summed E-state index contributed by atoms with van der Waals surface area (Å²) in [5.41, 5.74) is -0.310. The van der Waals surface area contributed by atoms with E-state index in [2.05, 4.69) is 61.6 Å². The quantitative estimate of drug-likeness (QED) is 0.160. The Labute approximate surface area is 350 Å². The summed E-state index contributed by atoms with van der Waals surface area (Å²) in [4.78, 5) is 0. The Morgan fingerprint density at radius 1 is 0.500 bits per heavy atom. The van der Waals surface area contributed by atoms with Crippen molar-refractivity contribution in [2.75, 3.05) is 0 Å². The number of fused-ring (bicyclic) bond motifs is 13. The fourth-order valence-corrected chi connectivity index (χ4v) is 17.7. The highest BCUT2D eigenvalue weighted by atomic mass is 28.4. The van der Waals surface area contributed by atoms with Crippen LogP contribution in [0.3, 0.4) is 0 Å². The molecule has 0 radical (unpaired) electrons. The summed E-state index contributed by atoms with van der Waals surface area (Å²) in [7, 11) is -1.86. The Morgan fingerprint density at radius 2 is 0.966 bits per heavy atom. The second kappa shape index (κ2) is 14.4. The molecule has 10 nitrogen and oxygen atoms in total. The lowest BCUT2D eigenvalue weighted by atomic mass is 9.43. The van der Waals surface area contributed by atoms with E-state index in [1.54, 1.807) is 0 Å². The second-order valence-electron chi connectivity index (χ2n) is 24.5. The molecule has 8 aliphatic carbocycles. The van der Waals surface area contributed by atoms with Crippen LogP contribution in [0, 0.1) is 69.0 Å². The minimum absolute atomic E-state index is 0.0192. The van der Waals surface area contributed by atoms with E-state index in [0.29, 0.717) is 36.7 Å². The highest BCUT2D eigenvalue weighted by Gasteiger charge is 2.71. The van der Waals surface area contributed by atoms with Crippen LogP contribution in [-0.4, -0.2) is 111 Å². The SMILES string of the molecule is CC1(C)O[C@@H]2C3C(CC[C@@]4(C)C3CC[C@@H]4O[Si](C)(C)C(C)(C)C)[C@@]3(C)CC[C@H](O)[C@@H](O)C3[C@H]2O1.C[C@]12CC[C@H](O)[C@@H](O)C1[C@@H](O)[C@H](O)C1C2CC[C@@]2(C)C1CC[C@@H]2O. The summed E-state index contributed by atoms with van der Waals surface area (Å²) in [5.74, 6) is 0.667. The molecular weight excluding hydrogens is 753 g/mol. The van der Waals surface area contributed by atoms with Crippen molar-refractivity contribution in [3.63, 3.8) is 0 Å². The van der Waals surface area contributed by atoms with E-state index in [1.165, 1.54) is 12.8 Å². The Balaban J connectivity index is 0.000000172. The van der Waals surface area contributed by atoms with Gasteiger partial charge in [0, 0.05) is 11.8 Å². The van der Waals surface area contributed by atoms with Gasteiger partial charge in [-0.05, 0) is 166 Å². The van der Waals surface area contributed by atoms with E-state index >= 15 is 0 Å². The molecule has 0 spiro atoms. The minimum Gasteiger partial charge on any atom is -0.413 e. The average molecular weight is 835 g/mol. The summed E-state index contributed by atoms with van der Waals surface area (Å²) >= 11 is 0. The highest BCUT2D eigenvalue weighted by molar-refractivity contribution is 6.74. The first-order chi connectivity index (χ1) is 26.7. The summed E-state index contributed by atoms with van der Waals surface area (Å²) in [6.07, 6.45) is 5.85. The first kappa shape index (κ1) is 44.4. The molecule has 0 aromatic carbocycles. The molecule has 9 aliphatic rings. The maximum Gasteiger partial charge on any atom is 0.192 e. The monoisotopic (exact) mass is 835 g/mol. The van der Waals surface area contributed by atoms with Crippen molar-refractivity contribution >= 4 is 8.32 Å². The Bertz CT molecular complexity index is 1540. The Morgan fingerprint density at radius 3 is 1.57 bits per heavy atom. The number of ether oxygens (including phenoxy) is 2. The Hall–Kier alpha value is -0.183. The van der Waals surface area contributed by atoms with E-state index < -0.39 is 56.6 Å². The first-order valence-electron chi connectivity index (χ1n) is 23.5. The van der Waals surface area contributed by atoms with E-state index in [1.807, 2.05) is 13.8 Å². The molecule has 22 atom stereocenters. The molecule has 58 heavy (non-hydrogen) atoms. The van der Waals surface area contributed by atoms with Crippen LogP contribution in [0.5, 0.6) is 0 Å². The molecule has 334 valence electrons. The third kappa shape index (κ3) is 6.41. The van der Waals surface area contributed by atoms with Crippen LogP contribution in [-0.2, 0) is 13.9 Å². The van der Waals surface area contributed by atoms with Gasteiger partial charge in [-0.2, -0.15) is 0 Å². The number of rotatable bonds is 2. The number of hydrogen-bond acceptors (Lipinski definition) is 10. The van der Waals surface area contributed by atoms with Crippen LogP contribution in [0.4, 0.5) is 0 Å². The molecule has 1 heterocycles. The summed E-state index contributed by atoms with van der Waals surface area (Å²) in [6, 6.07) is 0. The molecular formula is C47H82O10Si. The second-order valence-corrected chi connectivity index (χ2v) is 29.3. The summed E-state index contributed by atoms with van der Waals surface area (Å²) < 4.78 is 20.4. The third-order valence-corrected chi connectivity index (χ3v) is 25.0. The Kier molecular flexibility index (Phi) is 11.0. The van der Waals surface area contributed by atoms with Gasteiger partial charge in [-0.25, -0.2) is 0 Å².